The Morgan fingerprint density at radius 3 is 2.44 bits per heavy atom. The molecule has 0 aliphatic rings. The normalized spacial score (nSPS) is 10.6. The first-order chi connectivity index (χ1) is 12.1. The summed E-state index contributed by atoms with van der Waals surface area (Å²) in [5, 5.41) is 9.06. The molecule has 1 heterocycles. The van der Waals surface area contributed by atoms with Gasteiger partial charge in [0.2, 0.25) is 0 Å². The summed E-state index contributed by atoms with van der Waals surface area (Å²) < 4.78 is 7.61. The first-order valence-corrected chi connectivity index (χ1v) is 8.23. The lowest BCUT2D eigenvalue weighted by molar-refractivity contribution is -0.136. The molecule has 25 heavy (non-hydrogen) atoms. The van der Waals surface area contributed by atoms with Crippen molar-refractivity contribution in [2.45, 2.75) is 19.8 Å². The van der Waals surface area contributed by atoms with Crippen molar-refractivity contribution in [3.63, 3.8) is 0 Å². The number of aliphatic carboxylic acids is 1. The molecule has 0 aliphatic carbocycles. The molecule has 1 N–H and O–H groups in total. The summed E-state index contributed by atoms with van der Waals surface area (Å²) in [6.45, 7) is 2.06. The van der Waals surface area contributed by atoms with Gasteiger partial charge in [-0.25, -0.2) is 0 Å². The topological polar surface area (TPSA) is 51.5 Å². The standard InChI is InChI=1S/C21H21NO3/c1-15-7-9-16(10-8-15)18-13-11-17(12-14-21(23)24)22(18)19-5-3-4-6-20(19)25-2/h3-11,13H,12,14H2,1-2H3,(H,23,24). The van der Waals surface area contributed by atoms with Crippen LogP contribution in [0, 0.1) is 6.92 Å². The van der Waals surface area contributed by atoms with E-state index in [9.17, 15) is 4.79 Å². The highest BCUT2D eigenvalue weighted by atomic mass is 16.5. The van der Waals surface area contributed by atoms with E-state index in [1.54, 1.807) is 7.11 Å². The Balaban J connectivity index is 2.16. The maximum atomic E-state index is 11.0. The Hall–Kier alpha value is -3.01. The fourth-order valence-electron chi connectivity index (χ4n) is 2.96. The number of hydrogen-bond donors (Lipinski definition) is 1. The molecule has 2 aromatic carbocycles. The summed E-state index contributed by atoms with van der Waals surface area (Å²) in [5.74, 6) is -0.0479. The Kier molecular flexibility index (Phi) is 4.89. The van der Waals surface area contributed by atoms with Gasteiger partial charge >= 0.3 is 5.97 Å². The van der Waals surface area contributed by atoms with Gasteiger partial charge in [-0.1, -0.05) is 42.0 Å². The number of methoxy groups -OCH3 is 1. The van der Waals surface area contributed by atoms with E-state index >= 15 is 0 Å². The fraction of sp³-hybridized carbons (Fsp3) is 0.190. The highest BCUT2D eigenvalue weighted by Gasteiger charge is 2.15. The number of nitrogens with zero attached hydrogens (tertiary/aromatic N) is 1. The Labute approximate surface area is 147 Å². The van der Waals surface area contributed by atoms with E-state index in [2.05, 4.69) is 35.8 Å². The molecule has 0 aliphatic heterocycles. The third-order valence-corrected chi connectivity index (χ3v) is 4.23. The zero-order valence-electron chi connectivity index (χ0n) is 14.4. The van der Waals surface area contributed by atoms with E-state index in [0.717, 1.165) is 28.4 Å². The molecule has 4 nitrogen and oxygen atoms in total. The summed E-state index contributed by atoms with van der Waals surface area (Å²) in [6, 6.07) is 20.1. The molecule has 1 aromatic heterocycles. The number of benzene rings is 2. The lowest BCUT2D eigenvalue weighted by atomic mass is 10.1. The lowest BCUT2D eigenvalue weighted by Gasteiger charge is -2.17. The molecule has 3 aromatic rings. The number of para-hydroxylation sites is 2. The average Bonchev–Trinajstić information content (AvgIpc) is 3.04. The smallest absolute Gasteiger partial charge is 0.303 e. The molecule has 0 radical (unpaired) electrons. The van der Waals surface area contributed by atoms with Crippen molar-refractivity contribution in [2.75, 3.05) is 7.11 Å². The van der Waals surface area contributed by atoms with Crippen molar-refractivity contribution in [1.82, 2.24) is 4.57 Å². The summed E-state index contributed by atoms with van der Waals surface area (Å²) in [7, 11) is 1.64. The fourth-order valence-corrected chi connectivity index (χ4v) is 2.96. The number of carboxylic acid groups (broad SMARTS) is 1. The quantitative estimate of drug-likeness (QED) is 0.722. The Morgan fingerprint density at radius 2 is 1.76 bits per heavy atom. The van der Waals surface area contributed by atoms with Crippen LogP contribution >= 0.6 is 0 Å². The zero-order valence-corrected chi connectivity index (χ0v) is 14.4. The van der Waals surface area contributed by atoms with Crippen molar-refractivity contribution >= 4 is 5.97 Å². The molecule has 128 valence electrons. The molecule has 0 spiro atoms. The van der Waals surface area contributed by atoms with Crippen LogP contribution in [0.1, 0.15) is 17.7 Å². The van der Waals surface area contributed by atoms with Gasteiger partial charge in [0.25, 0.3) is 0 Å². The van der Waals surface area contributed by atoms with Gasteiger partial charge in [-0.15, -0.1) is 0 Å². The molecule has 0 atom stereocenters. The minimum Gasteiger partial charge on any atom is -0.495 e. The van der Waals surface area contributed by atoms with Crippen LogP contribution < -0.4 is 4.74 Å². The molecular weight excluding hydrogens is 314 g/mol. The Bertz CT molecular complexity index is 878. The summed E-state index contributed by atoms with van der Waals surface area (Å²) in [6.07, 6.45) is 0.547. The molecule has 0 bridgehead atoms. The van der Waals surface area contributed by atoms with Gasteiger partial charge in [-0.3, -0.25) is 4.79 Å². The number of rotatable bonds is 6. The number of hydrogen-bond acceptors (Lipinski definition) is 2. The van der Waals surface area contributed by atoms with E-state index in [4.69, 9.17) is 9.84 Å². The molecule has 4 heteroatoms. The van der Waals surface area contributed by atoms with Gasteiger partial charge in [-0.2, -0.15) is 0 Å². The monoisotopic (exact) mass is 335 g/mol. The number of ether oxygens (including phenoxy) is 1. The molecule has 0 unspecified atom stereocenters. The third-order valence-electron chi connectivity index (χ3n) is 4.23. The van der Waals surface area contributed by atoms with E-state index in [1.807, 2.05) is 36.4 Å². The van der Waals surface area contributed by atoms with Crippen LogP contribution in [0.3, 0.4) is 0 Å². The van der Waals surface area contributed by atoms with Crippen LogP contribution in [0.4, 0.5) is 0 Å². The summed E-state index contributed by atoms with van der Waals surface area (Å²) >= 11 is 0. The third kappa shape index (κ3) is 3.58. The van der Waals surface area contributed by atoms with Crippen molar-refractivity contribution < 1.29 is 14.6 Å². The van der Waals surface area contributed by atoms with E-state index in [0.29, 0.717) is 6.42 Å². The number of aryl methyl sites for hydroxylation is 2. The van der Waals surface area contributed by atoms with E-state index < -0.39 is 5.97 Å². The average molecular weight is 335 g/mol. The maximum absolute atomic E-state index is 11.0. The van der Waals surface area contributed by atoms with Crippen molar-refractivity contribution in [2.24, 2.45) is 0 Å². The van der Waals surface area contributed by atoms with Crippen molar-refractivity contribution in [1.29, 1.82) is 0 Å². The maximum Gasteiger partial charge on any atom is 0.303 e. The molecule has 0 saturated heterocycles. The van der Waals surface area contributed by atoms with Crippen molar-refractivity contribution in [3.05, 3.63) is 71.9 Å². The van der Waals surface area contributed by atoms with Crippen LogP contribution in [0.2, 0.25) is 0 Å². The molecule has 0 saturated carbocycles. The van der Waals surface area contributed by atoms with Gasteiger partial charge in [0.05, 0.1) is 24.9 Å². The predicted octanol–water partition coefficient (Wildman–Crippen LogP) is 4.48. The highest BCUT2D eigenvalue weighted by molar-refractivity contribution is 5.69. The van der Waals surface area contributed by atoms with Gasteiger partial charge in [-0.05, 0) is 43.2 Å². The summed E-state index contributed by atoms with van der Waals surface area (Å²) in [5.41, 5.74) is 5.15. The van der Waals surface area contributed by atoms with Crippen LogP contribution in [0.25, 0.3) is 16.9 Å². The molecule has 3 rings (SSSR count). The zero-order chi connectivity index (χ0) is 17.8. The minimum absolute atomic E-state index is 0.0898. The second-order valence-corrected chi connectivity index (χ2v) is 5.98. The van der Waals surface area contributed by atoms with Crippen LogP contribution in [-0.4, -0.2) is 22.8 Å². The lowest BCUT2D eigenvalue weighted by Crippen LogP contribution is -2.06. The summed E-state index contributed by atoms with van der Waals surface area (Å²) in [4.78, 5) is 11.0. The second-order valence-electron chi connectivity index (χ2n) is 5.98. The first kappa shape index (κ1) is 16.8. The van der Waals surface area contributed by atoms with Crippen molar-refractivity contribution in [3.8, 4) is 22.7 Å². The second kappa shape index (κ2) is 7.26. The largest absolute Gasteiger partial charge is 0.495 e. The van der Waals surface area contributed by atoms with Gasteiger partial charge < -0.3 is 14.4 Å². The molecular formula is C21H21NO3. The SMILES string of the molecule is COc1ccccc1-n1c(CCC(=O)O)ccc1-c1ccc(C)cc1. The van der Waals surface area contributed by atoms with Gasteiger partial charge in [0, 0.05) is 5.69 Å². The number of carboxylic acids is 1. The first-order valence-electron chi connectivity index (χ1n) is 8.23. The van der Waals surface area contributed by atoms with E-state index in [1.165, 1.54) is 5.56 Å². The number of aromatic nitrogens is 1. The highest BCUT2D eigenvalue weighted by Crippen LogP contribution is 2.32. The Morgan fingerprint density at radius 1 is 1.04 bits per heavy atom. The number of carbonyl (C=O) groups is 1. The van der Waals surface area contributed by atoms with Crippen LogP contribution in [-0.2, 0) is 11.2 Å². The molecule has 0 fully saturated rings. The minimum atomic E-state index is -0.801. The van der Waals surface area contributed by atoms with Gasteiger partial charge in [0.15, 0.2) is 0 Å². The van der Waals surface area contributed by atoms with Gasteiger partial charge in [0.1, 0.15) is 5.75 Å². The predicted molar refractivity (Wildman–Crippen MR) is 98.5 cm³/mol. The molecule has 0 amide bonds. The van der Waals surface area contributed by atoms with Crippen LogP contribution in [0.5, 0.6) is 5.75 Å². The van der Waals surface area contributed by atoms with Crippen LogP contribution in [0.15, 0.2) is 60.7 Å². The van der Waals surface area contributed by atoms with E-state index in [-0.39, 0.29) is 6.42 Å².